The number of carbonyl (C=O) groups is 2. The molecule has 3 N–H and O–H groups in total. The fourth-order valence-electron chi connectivity index (χ4n) is 1.84. The molecule has 19 heavy (non-hydrogen) atoms. The van der Waals surface area contributed by atoms with Gasteiger partial charge in [0.05, 0.1) is 12.6 Å². The van der Waals surface area contributed by atoms with E-state index in [2.05, 4.69) is 22.0 Å². The van der Waals surface area contributed by atoms with Crippen molar-refractivity contribution < 1.29 is 9.59 Å². The van der Waals surface area contributed by atoms with E-state index in [1.807, 2.05) is 6.92 Å². The maximum Gasteiger partial charge on any atom is 0.321 e. The van der Waals surface area contributed by atoms with Crippen molar-refractivity contribution >= 4 is 11.9 Å². The third-order valence-electron chi connectivity index (χ3n) is 2.92. The van der Waals surface area contributed by atoms with Crippen LogP contribution in [-0.4, -0.2) is 55.6 Å². The number of rotatable bonds is 5. The molecule has 1 heterocycles. The van der Waals surface area contributed by atoms with E-state index in [4.69, 9.17) is 5.26 Å². The highest BCUT2D eigenvalue weighted by Crippen LogP contribution is 2.01. The maximum absolute atomic E-state index is 11.7. The van der Waals surface area contributed by atoms with Crippen LogP contribution in [0.5, 0.6) is 0 Å². The number of unbranched alkanes of at least 4 members (excludes halogenated alkanes) is 1. The molecule has 1 aliphatic rings. The summed E-state index contributed by atoms with van der Waals surface area (Å²) in [5.41, 5.74) is 0. The standard InChI is InChI=1S/C12H21N5O2/c1-2-3-4-15-12(19)16-11(18)9-17-6-5-14-8-10(17)7-13/h10,14H,2-6,8-9H2,1H3,(H2,15,16,18,19). The minimum absolute atomic E-state index is 0.0705. The van der Waals surface area contributed by atoms with Gasteiger partial charge in [-0.05, 0) is 6.42 Å². The average Bonchev–Trinajstić information content (AvgIpc) is 2.39. The highest BCUT2D eigenvalue weighted by molar-refractivity contribution is 5.95. The SMILES string of the molecule is CCCCNC(=O)NC(=O)CN1CCNCC1C#N. The fourth-order valence-corrected chi connectivity index (χ4v) is 1.84. The van der Waals surface area contributed by atoms with Gasteiger partial charge in [-0.1, -0.05) is 13.3 Å². The number of nitrogens with zero attached hydrogens (tertiary/aromatic N) is 2. The lowest BCUT2D eigenvalue weighted by Gasteiger charge is -2.30. The van der Waals surface area contributed by atoms with Gasteiger partial charge in [-0.25, -0.2) is 4.79 Å². The first-order chi connectivity index (χ1) is 9.17. The number of imide groups is 1. The molecule has 0 aromatic rings. The summed E-state index contributed by atoms with van der Waals surface area (Å²) >= 11 is 0. The molecule has 0 spiro atoms. The maximum atomic E-state index is 11.7. The van der Waals surface area contributed by atoms with Crippen molar-refractivity contribution in [3.05, 3.63) is 0 Å². The van der Waals surface area contributed by atoms with Gasteiger partial charge in [0, 0.05) is 26.2 Å². The van der Waals surface area contributed by atoms with Crippen LogP contribution < -0.4 is 16.0 Å². The molecule has 0 radical (unpaired) electrons. The number of urea groups is 1. The van der Waals surface area contributed by atoms with E-state index < -0.39 is 6.03 Å². The lowest BCUT2D eigenvalue weighted by molar-refractivity contribution is -0.121. The molecule has 0 bridgehead atoms. The van der Waals surface area contributed by atoms with E-state index in [1.165, 1.54) is 0 Å². The largest absolute Gasteiger partial charge is 0.338 e. The van der Waals surface area contributed by atoms with Crippen LogP contribution in [0.2, 0.25) is 0 Å². The van der Waals surface area contributed by atoms with Crippen LogP contribution in [0.15, 0.2) is 0 Å². The van der Waals surface area contributed by atoms with Gasteiger partial charge < -0.3 is 10.6 Å². The number of carbonyl (C=O) groups excluding carboxylic acids is 2. The van der Waals surface area contributed by atoms with E-state index in [1.54, 1.807) is 4.90 Å². The fraction of sp³-hybridized carbons (Fsp3) is 0.750. The zero-order chi connectivity index (χ0) is 14.1. The molecule has 1 aliphatic heterocycles. The molecule has 106 valence electrons. The molecule has 0 aliphatic carbocycles. The van der Waals surface area contributed by atoms with Crippen LogP contribution in [0, 0.1) is 11.3 Å². The third-order valence-corrected chi connectivity index (χ3v) is 2.92. The Morgan fingerprint density at radius 3 is 3.00 bits per heavy atom. The van der Waals surface area contributed by atoms with Crippen LogP contribution >= 0.6 is 0 Å². The van der Waals surface area contributed by atoms with Crippen LogP contribution in [-0.2, 0) is 4.79 Å². The molecule has 1 saturated heterocycles. The number of hydrogen-bond donors (Lipinski definition) is 3. The summed E-state index contributed by atoms with van der Waals surface area (Å²) in [4.78, 5) is 24.8. The Hall–Kier alpha value is -1.65. The Morgan fingerprint density at radius 2 is 2.32 bits per heavy atom. The summed E-state index contributed by atoms with van der Waals surface area (Å²) < 4.78 is 0. The van der Waals surface area contributed by atoms with Gasteiger partial charge in [-0.2, -0.15) is 5.26 Å². The minimum atomic E-state index is -0.470. The molecule has 0 aromatic heterocycles. The lowest BCUT2D eigenvalue weighted by Crippen LogP contribution is -2.54. The topological polar surface area (TPSA) is 97.3 Å². The second kappa shape index (κ2) is 8.45. The van der Waals surface area contributed by atoms with E-state index in [9.17, 15) is 9.59 Å². The minimum Gasteiger partial charge on any atom is -0.338 e. The van der Waals surface area contributed by atoms with Crippen LogP contribution in [0.1, 0.15) is 19.8 Å². The Bertz CT molecular complexity index is 353. The van der Waals surface area contributed by atoms with Crippen LogP contribution in [0.4, 0.5) is 4.79 Å². The Kier molecular flexibility index (Phi) is 6.85. The van der Waals surface area contributed by atoms with E-state index in [0.29, 0.717) is 19.6 Å². The molecular weight excluding hydrogens is 246 g/mol. The van der Waals surface area contributed by atoms with E-state index in [0.717, 1.165) is 19.4 Å². The number of piperazine rings is 1. The molecular formula is C12H21N5O2. The molecule has 3 amide bonds. The first kappa shape index (κ1) is 15.4. The van der Waals surface area contributed by atoms with Crippen LogP contribution in [0.3, 0.4) is 0 Å². The second-order valence-electron chi connectivity index (χ2n) is 4.48. The van der Waals surface area contributed by atoms with Crippen molar-refractivity contribution in [3.63, 3.8) is 0 Å². The van der Waals surface area contributed by atoms with Gasteiger partial charge >= 0.3 is 6.03 Å². The predicted molar refractivity (Wildman–Crippen MR) is 70.3 cm³/mol. The van der Waals surface area contributed by atoms with Crippen molar-refractivity contribution in [2.24, 2.45) is 0 Å². The average molecular weight is 267 g/mol. The summed E-state index contributed by atoms with van der Waals surface area (Å²) in [6.07, 6.45) is 1.87. The number of nitriles is 1. The molecule has 1 rings (SSSR count). The highest BCUT2D eigenvalue weighted by atomic mass is 16.2. The molecule has 7 nitrogen and oxygen atoms in total. The lowest BCUT2D eigenvalue weighted by atomic mass is 10.2. The van der Waals surface area contributed by atoms with Crippen molar-refractivity contribution in [1.29, 1.82) is 5.26 Å². The van der Waals surface area contributed by atoms with Gasteiger partial charge in [0.15, 0.2) is 0 Å². The van der Waals surface area contributed by atoms with E-state index in [-0.39, 0.29) is 18.5 Å². The van der Waals surface area contributed by atoms with E-state index >= 15 is 0 Å². The summed E-state index contributed by atoms with van der Waals surface area (Å²) in [6, 6.07) is 1.35. The first-order valence-corrected chi connectivity index (χ1v) is 6.59. The summed E-state index contributed by atoms with van der Waals surface area (Å²) in [6.45, 7) is 4.58. The van der Waals surface area contributed by atoms with Gasteiger partial charge in [0.2, 0.25) is 5.91 Å². The molecule has 0 aromatic carbocycles. The Morgan fingerprint density at radius 1 is 1.53 bits per heavy atom. The van der Waals surface area contributed by atoms with Crippen molar-refractivity contribution in [3.8, 4) is 6.07 Å². The Balaban J connectivity index is 2.29. The quantitative estimate of drug-likeness (QED) is 0.578. The zero-order valence-corrected chi connectivity index (χ0v) is 11.2. The monoisotopic (exact) mass is 267 g/mol. The van der Waals surface area contributed by atoms with Crippen molar-refractivity contribution in [2.45, 2.75) is 25.8 Å². The first-order valence-electron chi connectivity index (χ1n) is 6.59. The van der Waals surface area contributed by atoms with Gasteiger partial charge in [0.1, 0.15) is 6.04 Å². The summed E-state index contributed by atoms with van der Waals surface area (Å²) in [7, 11) is 0. The van der Waals surface area contributed by atoms with Gasteiger partial charge in [-0.15, -0.1) is 0 Å². The predicted octanol–water partition coefficient (Wildman–Crippen LogP) is -0.590. The molecule has 1 fully saturated rings. The third kappa shape index (κ3) is 5.68. The van der Waals surface area contributed by atoms with Gasteiger partial charge in [0.25, 0.3) is 0 Å². The van der Waals surface area contributed by atoms with Crippen LogP contribution in [0.25, 0.3) is 0 Å². The smallest absolute Gasteiger partial charge is 0.321 e. The zero-order valence-electron chi connectivity index (χ0n) is 11.2. The van der Waals surface area contributed by atoms with Gasteiger partial charge in [-0.3, -0.25) is 15.0 Å². The molecule has 1 unspecified atom stereocenters. The molecule has 0 saturated carbocycles. The number of nitrogens with one attached hydrogen (secondary N) is 3. The summed E-state index contributed by atoms with van der Waals surface area (Å²) in [5.74, 6) is -0.379. The Labute approximate surface area is 113 Å². The van der Waals surface area contributed by atoms with Crippen molar-refractivity contribution in [2.75, 3.05) is 32.7 Å². The summed E-state index contributed by atoms with van der Waals surface area (Å²) in [5, 5.41) is 16.9. The highest BCUT2D eigenvalue weighted by Gasteiger charge is 2.24. The normalized spacial score (nSPS) is 19.5. The second-order valence-corrected chi connectivity index (χ2v) is 4.48. The van der Waals surface area contributed by atoms with Crippen molar-refractivity contribution in [1.82, 2.24) is 20.9 Å². The molecule has 1 atom stereocenters. The number of hydrogen-bond acceptors (Lipinski definition) is 5. The molecule has 7 heteroatoms. The number of amides is 3.